The molecule has 0 aliphatic carbocycles. The van der Waals surface area contributed by atoms with Crippen molar-refractivity contribution in [3.8, 4) is 0 Å². The van der Waals surface area contributed by atoms with E-state index in [4.69, 9.17) is 11.6 Å². The maximum absolute atomic E-state index is 13.0. The SMILES string of the molecule is Fc1cccc(CC(Cl)c2csc(I)c2)c1. The monoisotopic (exact) mass is 366 g/mol. The third-order valence-corrected chi connectivity index (χ3v) is 4.47. The summed E-state index contributed by atoms with van der Waals surface area (Å²) in [4.78, 5) is 0. The molecule has 16 heavy (non-hydrogen) atoms. The van der Waals surface area contributed by atoms with Gasteiger partial charge in [0.25, 0.3) is 0 Å². The van der Waals surface area contributed by atoms with E-state index in [1.165, 1.54) is 15.0 Å². The first kappa shape index (κ1) is 12.3. The molecule has 0 nitrogen and oxygen atoms in total. The van der Waals surface area contributed by atoms with Crippen molar-refractivity contribution < 1.29 is 4.39 Å². The van der Waals surface area contributed by atoms with Crippen molar-refractivity contribution in [3.05, 3.63) is 55.5 Å². The van der Waals surface area contributed by atoms with Crippen LogP contribution in [0.1, 0.15) is 16.5 Å². The summed E-state index contributed by atoms with van der Waals surface area (Å²) in [5, 5.41) is 1.97. The molecule has 0 bridgehead atoms. The lowest BCUT2D eigenvalue weighted by Crippen LogP contribution is -1.94. The van der Waals surface area contributed by atoms with Gasteiger partial charge in [-0.1, -0.05) is 12.1 Å². The van der Waals surface area contributed by atoms with Gasteiger partial charge >= 0.3 is 0 Å². The molecular formula is C12H9ClFIS. The zero-order chi connectivity index (χ0) is 11.5. The lowest BCUT2D eigenvalue weighted by molar-refractivity contribution is 0.625. The molecule has 1 heterocycles. The summed E-state index contributed by atoms with van der Waals surface area (Å²) in [6.07, 6.45) is 0.659. The summed E-state index contributed by atoms with van der Waals surface area (Å²) in [5.41, 5.74) is 2.04. The number of benzene rings is 1. The summed E-state index contributed by atoms with van der Waals surface area (Å²) in [6, 6.07) is 8.66. The Hall–Kier alpha value is -0.130. The summed E-state index contributed by atoms with van der Waals surface area (Å²) in [5.74, 6) is -0.207. The molecule has 0 N–H and O–H groups in total. The minimum Gasteiger partial charge on any atom is -0.207 e. The van der Waals surface area contributed by atoms with Gasteiger partial charge in [-0.2, -0.15) is 0 Å². The highest BCUT2D eigenvalue weighted by molar-refractivity contribution is 14.1. The first-order valence-corrected chi connectivity index (χ1v) is 7.17. The normalized spacial score (nSPS) is 12.7. The van der Waals surface area contributed by atoms with Gasteiger partial charge < -0.3 is 0 Å². The molecule has 1 unspecified atom stereocenters. The number of hydrogen-bond donors (Lipinski definition) is 0. The molecule has 0 spiro atoms. The van der Waals surface area contributed by atoms with Crippen LogP contribution in [-0.4, -0.2) is 0 Å². The standard InChI is InChI=1S/C12H9ClFIS/c13-11(9-6-12(15)16-7-9)5-8-2-1-3-10(14)4-8/h1-4,6-7,11H,5H2. The first-order chi connectivity index (χ1) is 7.65. The molecule has 1 aromatic carbocycles. The molecule has 0 amide bonds. The topological polar surface area (TPSA) is 0 Å². The third kappa shape index (κ3) is 3.18. The van der Waals surface area contributed by atoms with Crippen LogP contribution in [0.3, 0.4) is 0 Å². The zero-order valence-corrected chi connectivity index (χ0v) is 12.0. The van der Waals surface area contributed by atoms with Crippen LogP contribution in [-0.2, 0) is 6.42 Å². The van der Waals surface area contributed by atoms with E-state index < -0.39 is 0 Å². The van der Waals surface area contributed by atoms with Crippen LogP contribution >= 0.6 is 45.5 Å². The summed E-state index contributed by atoms with van der Waals surface area (Å²) < 4.78 is 14.2. The van der Waals surface area contributed by atoms with Gasteiger partial charge in [0.2, 0.25) is 0 Å². The van der Waals surface area contributed by atoms with E-state index >= 15 is 0 Å². The highest BCUT2D eigenvalue weighted by Crippen LogP contribution is 2.29. The first-order valence-electron chi connectivity index (χ1n) is 4.77. The zero-order valence-electron chi connectivity index (χ0n) is 8.29. The molecule has 0 aliphatic heterocycles. The molecule has 0 saturated carbocycles. The number of thiophene rings is 1. The Bertz CT molecular complexity index is 483. The average molecular weight is 367 g/mol. The number of alkyl halides is 1. The largest absolute Gasteiger partial charge is 0.207 e. The molecule has 0 radical (unpaired) electrons. The molecule has 0 saturated heterocycles. The van der Waals surface area contributed by atoms with Crippen molar-refractivity contribution >= 4 is 45.5 Å². The average Bonchev–Trinajstić information content (AvgIpc) is 2.65. The summed E-state index contributed by atoms with van der Waals surface area (Å²) in [7, 11) is 0. The van der Waals surface area contributed by atoms with Crippen LogP contribution in [0.2, 0.25) is 0 Å². The van der Waals surface area contributed by atoms with E-state index in [0.29, 0.717) is 6.42 Å². The van der Waals surface area contributed by atoms with Crippen LogP contribution in [0.5, 0.6) is 0 Å². The second kappa shape index (κ2) is 5.47. The second-order valence-electron chi connectivity index (χ2n) is 3.49. The van der Waals surface area contributed by atoms with Crippen molar-refractivity contribution in [3.63, 3.8) is 0 Å². The predicted molar refractivity (Wildman–Crippen MR) is 75.7 cm³/mol. The lowest BCUT2D eigenvalue weighted by Gasteiger charge is -2.07. The van der Waals surface area contributed by atoms with E-state index in [0.717, 1.165) is 11.1 Å². The van der Waals surface area contributed by atoms with Gasteiger partial charge in [-0.15, -0.1) is 22.9 Å². The summed E-state index contributed by atoms with van der Waals surface area (Å²) >= 11 is 10.2. The van der Waals surface area contributed by atoms with Gasteiger partial charge in [0.15, 0.2) is 0 Å². The van der Waals surface area contributed by atoms with Crippen molar-refractivity contribution in [2.75, 3.05) is 0 Å². The van der Waals surface area contributed by atoms with Crippen molar-refractivity contribution in [1.82, 2.24) is 0 Å². The third-order valence-electron chi connectivity index (χ3n) is 2.25. The number of rotatable bonds is 3. The Balaban J connectivity index is 2.10. The Morgan fingerprint density at radius 2 is 2.19 bits per heavy atom. The van der Waals surface area contributed by atoms with Gasteiger partial charge in [0, 0.05) is 0 Å². The fraction of sp³-hybridized carbons (Fsp3) is 0.167. The van der Waals surface area contributed by atoms with Crippen molar-refractivity contribution in [2.45, 2.75) is 11.8 Å². The van der Waals surface area contributed by atoms with E-state index in [-0.39, 0.29) is 11.2 Å². The second-order valence-corrected chi connectivity index (χ2v) is 6.82. The van der Waals surface area contributed by atoms with Crippen molar-refractivity contribution in [2.24, 2.45) is 0 Å². The molecule has 1 atom stereocenters. The van der Waals surface area contributed by atoms with Gasteiger partial charge in [-0.3, -0.25) is 0 Å². The Morgan fingerprint density at radius 1 is 1.38 bits per heavy atom. The van der Waals surface area contributed by atoms with Gasteiger partial charge in [-0.05, 0) is 63.7 Å². The molecular weight excluding hydrogens is 358 g/mol. The number of halogens is 3. The predicted octanol–water partition coefficient (Wildman–Crippen LogP) is 5.01. The maximum Gasteiger partial charge on any atom is 0.123 e. The fourth-order valence-electron chi connectivity index (χ4n) is 1.48. The Morgan fingerprint density at radius 3 is 2.81 bits per heavy atom. The smallest absolute Gasteiger partial charge is 0.123 e. The van der Waals surface area contributed by atoms with E-state index in [1.54, 1.807) is 17.4 Å². The van der Waals surface area contributed by atoms with Crippen LogP contribution in [0.4, 0.5) is 4.39 Å². The van der Waals surface area contributed by atoms with Gasteiger partial charge in [0.1, 0.15) is 5.82 Å². The molecule has 2 rings (SSSR count). The van der Waals surface area contributed by atoms with E-state index in [9.17, 15) is 4.39 Å². The Labute approximate surface area is 117 Å². The van der Waals surface area contributed by atoms with Gasteiger partial charge in [0.05, 0.1) is 8.26 Å². The minimum absolute atomic E-state index is 0.0819. The van der Waals surface area contributed by atoms with Crippen LogP contribution in [0.25, 0.3) is 0 Å². The minimum atomic E-state index is -0.207. The molecule has 2 aromatic rings. The molecule has 0 fully saturated rings. The molecule has 1 aromatic heterocycles. The maximum atomic E-state index is 13.0. The number of hydrogen-bond acceptors (Lipinski definition) is 1. The lowest BCUT2D eigenvalue weighted by atomic mass is 10.1. The van der Waals surface area contributed by atoms with E-state index in [2.05, 4.69) is 34.0 Å². The Kier molecular flexibility index (Phi) is 4.21. The summed E-state index contributed by atoms with van der Waals surface area (Å²) in [6.45, 7) is 0. The highest BCUT2D eigenvalue weighted by Gasteiger charge is 2.11. The molecule has 84 valence electrons. The van der Waals surface area contributed by atoms with Gasteiger partial charge in [-0.25, -0.2) is 4.39 Å². The highest BCUT2D eigenvalue weighted by atomic mass is 127. The van der Waals surface area contributed by atoms with Crippen LogP contribution in [0, 0.1) is 8.70 Å². The van der Waals surface area contributed by atoms with Crippen LogP contribution in [0.15, 0.2) is 35.7 Å². The molecule has 0 aliphatic rings. The van der Waals surface area contributed by atoms with Crippen LogP contribution < -0.4 is 0 Å². The van der Waals surface area contributed by atoms with Crippen molar-refractivity contribution in [1.29, 1.82) is 0 Å². The fourth-order valence-corrected chi connectivity index (χ4v) is 3.28. The quantitative estimate of drug-likeness (QED) is 0.529. The molecule has 4 heteroatoms. The van der Waals surface area contributed by atoms with E-state index in [1.807, 2.05) is 6.07 Å².